The van der Waals surface area contributed by atoms with Crippen LogP contribution in [0.4, 0.5) is 0 Å². The van der Waals surface area contributed by atoms with E-state index in [4.69, 9.17) is 5.11 Å². The zero-order valence-electron chi connectivity index (χ0n) is 11.0. The SMILES string of the molecule is C1=CSCS1.O=C(O)CS(=O)(=O)C1C=Cc2ccccc21. The number of hydrogen-bond acceptors (Lipinski definition) is 5. The van der Waals surface area contributed by atoms with Crippen LogP contribution in [-0.4, -0.2) is 30.3 Å². The first kappa shape index (κ1) is 16.2. The Kier molecular flexibility index (Phi) is 5.55. The number of carbonyl (C=O) groups is 1. The van der Waals surface area contributed by atoms with Crippen LogP contribution in [0.15, 0.2) is 41.2 Å². The fraction of sp³-hybridized carbons (Fsp3) is 0.214. The molecule has 3 rings (SSSR count). The number of rotatable bonds is 3. The van der Waals surface area contributed by atoms with E-state index in [1.165, 1.54) is 11.2 Å². The average Bonchev–Trinajstić information content (AvgIpc) is 3.10. The molecule has 1 heterocycles. The largest absolute Gasteiger partial charge is 0.480 e. The van der Waals surface area contributed by atoms with Gasteiger partial charge < -0.3 is 5.11 Å². The lowest BCUT2D eigenvalue weighted by Gasteiger charge is -2.10. The average molecular weight is 342 g/mol. The van der Waals surface area contributed by atoms with Crippen molar-refractivity contribution < 1.29 is 18.3 Å². The Morgan fingerprint density at radius 1 is 1.24 bits per heavy atom. The molecule has 0 saturated heterocycles. The van der Waals surface area contributed by atoms with Crippen LogP contribution in [0, 0.1) is 0 Å². The summed E-state index contributed by atoms with van der Waals surface area (Å²) in [6.07, 6.45) is 3.24. The minimum atomic E-state index is -3.66. The second kappa shape index (κ2) is 7.20. The quantitative estimate of drug-likeness (QED) is 0.910. The van der Waals surface area contributed by atoms with Crippen molar-refractivity contribution >= 4 is 45.4 Å². The van der Waals surface area contributed by atoms with Crippen molar-refractivity contribution in [2.45, 2.75) is 5.25 Å². The standard InChI is InChI=1S/C11H10O4S.C3H4S2/c12-11(13)7-16(14,15)10-6-5-8-3-1-2-4-9(8)10;1-2-5-3-4-1/h1-6,10H,7H2,(H,12,13);1-2H,3H2. The molecule has 0 saturated carbocycles. The first-order valence-electron chi connectivity index (χ1n) is 6.09. The van der Waals surface area contributed by atoms with E-state index in [-0.39, 0.29) is 0 Å². The molecular formula is C14H14O4S3. The van der Waals surface area contributed by atoms with E-state index in [2.05, 4.69) is 10.8 Å². The van der Waals surface area contributed by atoms with Gasteiger partial charge in [0.15, 0.2) is 9.84 Å². The van der Waals surface area contributed by atoms with Crippen molar-refractivity contribution in [1.82, 2.24) is 0 Å². The molecule has 0 bridgehead atoms. The molecule has 1 aliphatic heterocycles. The van der Waals surface area contributed by atoms with Gasteiger partial charge in [-0.15, -0.1) is 23.5 Å². The maximum absolute atomic E-state index is 11.8. The van der Waals surface area contributed by atoms with Crippen LogP contribution in [0.1, 0.15) is 16.4 Å². The van der Waals surface area contributed by atoms with Gasteiger partial charge in [-0.1, -0.05) is 36.4 Å². The zero-order valence-corrected chi connectivity index (χ0v) is 13.5. The summed E-state index contributed by atoms with van der Waals surface area (Å²) >= 11 is 3.71. The number of carboxylic acids is 1. The van der Waals surface area contributed by atoms with Gasteiger partial charge in [0.05, 0.1) is 0 Å². The van der Waals surface area contributed by atoms with Gasteiger partial charge in [0.25, 0.3) is 0 Å². The second-order valence-electron chi connectivity index (χ2n) is 4.33. The summed E-state index contributed by atoms with van der Waals surface area (Å²) in [5.41, 5.74) is 1.49. The maximum Gasteiger partial charge on any atom is 0.318 e. The maximum atomic E-state index is 11.8. The summed E-state index contributed by atoms with van der Waals surface area (Å²) in [4.78, 5) is 10.5. The molecule has 1 aromatic carbocycles. The molecule has 0 aromatic heterocycles. The summed E-state index contributed by atoms with van der Waals surface area (Å²) in [6.45, 7) is 0. The summed E-state index contributed by atoms with van der Waals surface area (Å²) in [5.74, 6) is -2.16. The number of hydrogen-bond donors (Lipinski definition) is 1. The first-order chi connectivity index (χ1) is 10.0. The van der Waals surface area contributed by atoms with Gasteiger partial charge >= 0.3 is 5.97 Å². The molecule has 0 spiro atoms. The number of fused-ring (bicyclic) bond motifs is 1. The molecular weight excluding hydrogens is 328 g/mol. The third-order valence-corrected chi connectivity index (χ3v) is 6.60. The fourth-order valence-electron chi connectivity index (χ4n) is 1.99. The van der Waals surface area contributed by atoms with E-state index in [1.807, 2.05) is 35.7 Å². The molecule has 1 N–H and O–H groups in total. The Hall–Kier alpha value is -1.18. The normalized spacial score (nSPS) is 19.0. The highest BCUT2D eigenvalue weighted by Gasteiger charge is 2.31. The van der Waals surface area contributed by atoms with Gasteiger partial charge in [0.2, 0.25) is 0 Å². The molecule has 0 amide bonds. The van der Waals surface area contributed by atoms with Crippen molar-refractivity contribution in [3.8, 4) is 0 Å². The fourth-order valence-corrected chi connectivity index (χ4v) is 5.00. The Labute approximate surface area is 132 Å². The molecule has 4 nitrogen and oxygen atoms in total. The van der Waals surface area contributed by atoms with Gasteiger partial charge in [-0.25, -0.2) is 8.42 Å². The van der Waals surface area contributed by atoms with Crippen LogP contribution in [0.2, 0.25) is 0 Å². The van der Waals surface area contributed by atoms with Crippen LogP contribution < -0.4 is 0 Å². The summed E-state index contributed by atoms with van der Waals surface area (Å²) in [7, 11) is -3.66. The molecule has 1 aromatic rings. The minimum absolute atomic E-state index is 0.656. The highest BCUT2D eigenvalue weighted by molar-refractivity contribution is 8.21. The highest BCUT2D eigenvalue weighted by Crippen LogP contribution is 2.34. The monoisotopic (exact) mass is 342 g/mol. The molecule has 21 heavy (non-hydrogen) atoms. The van der Waals surface area contributed by atoms with Crippen LogP contribution in [0.5, 0.6) is 0 Å². The van der Waals surface area contributed by atoms with Gasteiger partial charge in [0.1, 0.15) is 11.0 Å². The molecule has 7 heteroatoms. The van der Waals surface area contributed by atoms with E-state index in [0.29, 0.717) is 5.56 Å². The predicted molar refractivity (Wildman–Crippen MR) is 88.8 cm³/mol. The van der Waals surface area contributed by atoms with E-state index < -0.39 is 26.8 Å². The van der Waals surface area contributed by atoms with Crippen molar-refractivity contribution in [2.24, 2.45) is 0 Å². The summed E-state index contributed by atoms with van der Waals surface area (Å²) in [5, 5.41) is 13.2. The molecule has 2 aliphatic rings. The van der Waals surface area contributed by atoms with Crippen LogP contribution in [0.25, 0.3) is 6.08 Å². The van der Waals surface area contributed by atoms with Crippen molar-refractivity contribution in [3.63, 3.8) is 0 Å². The molecule has 0 radical (unpaired) electrons. The Morgan fingerprint density at radius 3 is 2.48 bits per heavy atom. The zero-order chi connectivity index (χ0) is 15.3. The third-order valence-electron chi connectivity index (χ3n) is 2.85. The number of benzene rings is 1. The molecule has 1 aliphatic carbocycles. The molecule has 1 unspecified atom stereocenters. The second-order valence-corrected chi connectivity index (χ2v) is 8.61. The Balaban J connectivity index is 0.000000272. The van der Waals surface area contributed by atoms with E-state index in [0.717, 1.165) is 5.56 Å². The number of aliphatic carboxylic acids is 1. The molecule has 112 valence electrons. The predicted octanol–water partition coefficient (Wildman–Crippen LogP) is 3.15. The molecule has 0 fully saturated rings. The van der Waals surface area contributed by atoms with Crippen molar-refractivity contribution in [2.75, 3.05) is 10.8 Å². The van der Waals surface area contributed by atoms with Crippen molar-refractivity contribution in [3.05, 3.63) is 52.3 Å². The highest BCUT2D eigenvalue weighted by atomic mass is 32.2. The van der Waals surface area contributed by atoms with Gasteiger partial charge in [0, 0.05) is 5.08 Å². The van der Waals surface area contributed by atoms with E-state index in [1.54, 1.807) is 18.2 Å². The third kappa shape index (κ3) is 4.39. The number of carboxylic acid groups (broad SMARTS) is 1. The van der Waals surface area contributed by atoms with E-state index >= 15 is 0 Å². The lowest BCUT2D eigenvalue weighted by atomic mass is 10.1. The van der Waals surface area contributed by atoms with E-state index in [9.17, 15) is 13.2 Å². The van der Waals surface area contributed by atoms with Gasteiger partial charge in [-0.3, -0.25) is 4.79 Å². The van der Waals surface area contributed by atoms with Gasteiger partial charge in [-0.05, 0) is 21.9 Å². The molecule has 1 atom stereocenters. The summed E-state index contributed by atoms with van der Waals surface area (Å²) in [6, 6.07) is 7.08. The Bertz CT molecular complexity index is 671. The lowest BCUT2D eigenvalue weighted by Crippen LogP contribution is -2.20. The van der Waals surface area contributed by atoms with Crippen LogP contribution in [0.3, 0.4) is 0 Å². The van der Waals surface area contributed by atoms with Crippen LogP contribution >= 0.6 is 23.5 Å². The summed E-state index contributed by atoms with van der Waals surface area (Å²) < 4.78 is 23.5. The number of sulfone groups is 1. The Morgan fingerprint density at radius 2 is 1.90 bits per heavy atom. The van der Waals surface area contributed by atoms with Crippen molar-refractivity contribution in [1.29, 1.82) is 0 Å². The minimum Gasteiger partial charge on any atom is -0.480 e. The number of thioether (sulfide) groups is 2. The van der Waals surface area contributed by atoms with Crippen LogP contribution in [-0.2, 0) is 14.6 Å². The topological polar surface area (TPSA) is 71.4 Å². The first-order valence-corrected chi connectivity index (χ1v) is 9.91. The van der Waals surface area contributed by atoms with Gasteiger partial charge in [-0.2, -0.15) is 0 Å². The lowest BCUT2D eigenvalue weighted by molar-refractivity contribution is -0.134. The smallest absolute Gasteiger partial charge is 0.318 e.